The highest BCUT2D eigenvalue weighted by Gasteiger charge is 2.27. The highest BCUT2D eigenvalue weighted by molar-refractivity contribution is 7.80. The summed E-state index contributed by atoms with van der Waals surface area (Å²) in [6.07, 6.45) is 6.63. The molecule has 1 aliphatic rings. The second-order valence-corrected chi connectivity index (χ2v) is 5.20. The smallest absolute Gasteiger partial charge is 0.0991 e. The van der Waals surface area contributed by atoms with Gasteiger partial charge in [0.2, 0.25) is 0 Å². The summed E-state index contributed by atoms with van der Waals surface area (Å²) in [4.78, 5) is 5.04. The Morgan fingerprint density at radius 1 is 1.44 bits per heavy atom. The number of nitrogens with one attached hydrogen (secondary N) is 1. The fourth-order valence-corrected chi connectivity index (χ4v) is 2.90. The van der Waals surface area contributed by atoms with E-state index in [0.29, 0.717) is 12.0 Å². The van der Waals surface area contributed by atoms with E-state index in [2.05, 4.69) is 41.5 Å². The van der Waals surface area contributed by atoms with Crippen LogP contribution in [0.25, 0.3) is 5.69 Å². The van der Waals surface area contributed by atoms with Crippen molar-refractivity contribution in [1.29, 1.82) is 0 Å². The van der Waals surface area contributed by atoms with Gasteiger partial charge in [0.15, 0.2) is 0 Å². The Morgan fingerprint density at radius 2 is 2.33 bits per heavy atom. The van der Waals surface area contributed by atoms with Gasteiger partial charge in [-0.15, -0.1) is 0 Å². The van der Waals surface area contributed by atoms with Gasteiger partial charge in [-0.2, -0.15) is 0 Å². The summed E-state index contributed by atoms with van der Waals surface area (Å²) in [5, 5.41) is 3.33. The summed E-state index contributed by atoms with van der Waals surface area (Å²) in [6.45, 7) is 2.17. The second-order valence-electron chi connectivity index (χ2n) is 4.76. The fourth-order valence-electron chi connectivity index (χ4n) is 2.46. The van der Waals surface area contributed by atoms with Crippen molar-refractivity contribution in [3.05, 3.63) is 48.5 Å². The Bertz CT molecular complexity index is 562. The molecule has 1 aliphatic heterocycles. The molecule has 0 amide bonds. The third-order valence-electron chi connectivity index (χ3n) is 3.37. The van der Waals surface area contributed by atoms with Crippen LogP contribution in [0.1, 0.15) is 24.8 Å². The van der Waals surface area contributed by atoms with Gasteiger partial charge < -0.3 is 9.88 Å². The summed E-state index contributed by atoms with van der Waals surface area (Å²) in [6, 6.07) is 8.98. The lowest BCUT2D eigenvalue weighted by Gasteiger charge is -2.11. The molecule has 2 heterocycles. The Hall–Kier alpha value is -1.68. The van der Waals surface area contributed by atoms with E-state index >= 15 is 0 Å². The minimum atomic E-state index is 0.346. The van der Waals surface area contributed by atoms with Crippen LogP contribution in [0.5, 0.6) is 0 Å². The standard InChI is InChI=1S/C14H15N3S/c1-10-7-13(14(18)16-10)11-3-2-4-12(8-11)17-6-5-15-9-17/h2-6,8-10,13H,7H2,1H3,(H,16,18). The first-order valence-electron chi connectivity index (χ1n) is 6.13. The molecule has 1 saturated heterocycles. The average Bonchev–Trinajstić information content (AvgIpc) is 2.99. The third-order valence-corrected chi connectivity index (χ3v) is 3.77. The van der Waals surface area contributed by atoms with Crippen molar-refractivity contribution in [2.24, 2.45) is 0 Å². The first kappa shape index (κ1) is 11.4. The van der Waals surface area contributed by atoms with E-state index in [-0.39, 0.29) is 0 Å². The maximum absolute atomic E-state index is 5.41. The lowest BCUT2D eigenvalue weighted by Crippen LogP contribution is -2.21. The average molecular weight is 257 g/mol. The Kier molecular flexibility index (Phi) is 2.88. The number of rotatable bonds is 2. The summed E-state index contributed by atoms with van der Waals surface area (Å²) in [5.74, 6) is 0.346. The molecule has 1 aromatic heterocycles. The molecule has 92 valence electrons. The maximum Gasteiger partial charge on any atom is 0.0991 e. The molecule has 2 atom stereocenters. The first-order chi connectivity index (χ1) is 8.74. The van der Waals surface area contributed by atoms with Gasteiger partial charge in [-0.05, 0) is 31.0 Å². The molecule has 1 N–H and O–H groups in total. The predicted molar refractivity (Wildman–Crippen MR) is 76.1 cm³/mol. The van der Waals surface area contributed by atoms with E-state index in [1.54, 1.807) is 6.20 Å². The molecular weight excluding hydrogens is 242 g/mol. The van der Waals surface area contributed by atoms with Crippen molar-refractivity contribution in [3.63, 3.8) is 0 Å². The van der Waals surface area contributed by atoms with Gasteiger partial charge in [-0.1, -0.05) is 24.4 Å². The van der Waals surface area contributed by atoms with Gasteiger partial charge >= 0.3 is 0 Å². The molecule has 0 bridgehead atoms. The van der Waals surface area contributed by atoms with Crippen LogP contribution in [-0.2, 0) is 0 Å². The second kappa shape index (κ2) is 4.53. The van der Waals surface area contributed by atoms with E-state index in [4.69, 9.17) is 12.2 Å². The van der Waals surface area contributed by atoms with Gasteiger partial charge in [0.05, 0.1) is 11.3 Å². The number of thiocarbonyl (C=S) groups is 1. The molecule has 18 heavy (non-hydrogen) atoms. The summed E-state index contributed by atoms with van der Waals surface area (Å²) < 4.78 is 2.01. The Balaban J connectivity index is 1.94. The molecule has 0 saturated carbocycles. The number of aromatic nitrogens is 2. The van der Waals surface area contributed by atoms with Crippen LogP contribution in [0.3, 0.4) is 0 Å². The first-order valence-corrected chi connectivity index (χ1v) is 6.53. The third kappa shape index (κ3) is 2.04. The van der Waals surface area contributed by atoms with Crippen molar-refractivity contribution < 1.29 is 0 Å². The highest BCUT2D eigenvalue weighted by atomic mass is 32.1. The SMILES string of the molecule is CC1CC(c2cccc(-n3ccnc3)c2)C(=S)N1. The van der Waals surface area contributed by atoms with Crippen LogP contribution in [0.2, 0.25) is 0 Å². The molecule has 0 spiro atoms. The summed E-state index contributed by atoms with van der Waals surface area (Å²) >= 11 is 5.41. The predicted octanol–water partition coefficient (Wildman–Crippen LogP) is 2.67. The molecule has 1 aromatic carbocycles. The van der Waals surface area contributed by atoms with Crippen LogP contribution in [-0.4, -0.2) is 20.6 Å². The quantitative estimate of drug-likeness (QED) is 0.839. The lowest BCUT2D eigenvalue weighted by atomic mass is 9.96. The zero-order valence-corrected chi connectivity index (χ0v) is 11.0. The number of imidazole rings is 1. The molecule has 2 aromatic rings. The number of hydrogen-bond acceptors (Lipinski definition) is 2. The van der Waals surface area contributed by atoms with Crippen LogP contribution in [0.15, 0.2) is 43.0 Å². The molecule has 0 aliphatic carbocycles. The van der Waals surface area contributed by atoms with E-state index in [1.807, 2.05) is 17.1 Å². The summed E-state index contributed by atoms with van der Waals surface area (Å²) in [7, 11) is 0. The Morgan fingerprint density at radius 3 is 3.00 bits per heavy atom. The minimum absolute atomic E-state index is 0.346. The van der Waals surface area contributed by atoms with Crippen molar-refractivity contribution in [2.75, 3.05) is 0 Å². The topological polar surface area (TPSA) is 29.9 Å². The molecule has 3 rings (SSSR count). The van der Waals surface area contributed by atoms with E-state index < -0.39 is 0 Å². The monoisotopic (exact) mass is 257 g/mol. The number of benzene rings is 1. The van der Waals surface area contributed by atoms with Crippen LogP contribution < -0.4 is 5.32 Å². The highest BCUT2D eigenvalue weighted by Crippen LogP contribution is 2.28. The fraction of sp³-hybridized carbons (Fsp3) is 0.286. The van der Waals surface area contributed by atoms with Gasteiger partial charge in [0.25, 0.3) is 0 Å². The normalized spacial score (nSPS) is 23.1. The van der Waals surface area contributed by atoms with Gasteiger partial charge in [-0.3, -0.25) is 0 Å². The largest absolute Gasteiger partial charge is 0.377 e. The van der Waals surface area contributed by atoms with Crippen LogP contribution >= 0.6 is 12.2 Å². The zero-order valence-electron chi connectivity index (χ0n) is 10.2. The number of hydrogen-bond donors (Lipinski definition) is 1. The molecular formula is C14H15N3S. The summed E-state index contributed by atoms with van der Waals surface area (Å²) in [5.41, 5.74) is 2.41. The van der Waals surface area contributed by atoms with E-state index in [0.717, 1.165) is 17.1 Å². The zero-order chi connectivity index (χ0) is 12.5. The maximum atomic E-state index is 5.41. The van der Waals surface area contributed by atoms with Gasteiger partial charge in [0.1, 0.15) is 0 Å². The van der Waals surface area contributed by atoms with Crippen LogP contribution in [0, 0.1) is 0 Å². The minimum Gasteiger partial charge on any atom is -0.377 e. The van der Waals surface area contributed by atoms with Crippen molar-refractivity contribution in [1.82, 2.24) is 14.9 Å². The van der Waals surface area contributed by atoms with E-state index in [1.165, 1.54) is 5.56 Å². The van der Waals surface area contributed by atoms with Gasteiger partial charge in [-0.25, -0.2) is 4.98 Å². The molecule has 1 fully saturated rings. The molecule has 3 nitrogen and oxygen atoms in total. The molecule has 0 radical (unpaired) electrons. The van der Waals surface area contributed by atoms with Crippen molar-refractivity contribution in [3.8, 4) is 5.69 Å². The molecule has 4 heteroatoms. The lowest BCUT2D eigenvalue weighted by molar-refractivity contribution is 0.664. The van der Waals surface area contributed by atoms with E-state index in [9.17, 15) is 0 Å². The molecule has 2 unspecified atom stereocenters. The number of nitrogens with zero attached hydrogens (tertiary/aromatic N) is 2. The van der Waals surface area contributed by atoms with Crippen molar-refractivity contribution in [2.45, 2.75) is 25.3 Å². The van der Waals surface area contributed by atoms with Gasteiger partial charge in [0, 0.05) is 30.0 Å². The van der Waals surface area contributed by atoms with Crippen molar-refractivity contribution >= 4 is 17.2 Å². The Labute approximate surface area is 112 Å². The van der Waals surface area contributed by atoms with Crippen LogP contribution in [0.4, 0.5) is 0 Å².